The van der Waals surface area contributed by atoms with Gasteiger partial charge in [-0.3, -0.25) is 0 Å². The van der Waals surface area contributed by atoms with Crippen LogP contribution < -0.4 is 0 Å². The minimum absolute atomic E-state index is 0.992. The Morgan fingerprint density at radius 2 is 1.27 bits per heavy atom. The molecule has 2 heteroatoms. The predicted octanol–water partition coefficient (Wildman–Crippen LogP) is 3.60. The molecule has 15 heavy (non-hydrogen) atoms. The van der Waals surface area contributed by atoms with E-state index in [2.05, 4.69) is 14.7 Å². The van der Waals surface area contributed by atoms with Crippen LogP contribution in [0.25, 0.3) is 0 Å². The summed E-state index contributed by atoms with van der Waals surface area (Å²) in [6, 6.07) is 0. The molecule has 1 aliphatic carbocycles. The van der Waals surface area contributed by atoms with E-state index < -0.39 is 0 Å². The van der Waals surface area contributed by atoms with E-state index in [1.807, 2.05) is 0 Å². The highest BCUT2D eigenvalue weighted by Gasteiger charge is 2.09. The first-order valence-electron chi connectivity index (χ1n) is 7.33. The molecule has 0 aromatic rings. The Kier molecular flexibility index (Phi) is 7.30. The SMILES string of the molecule is BC1CCCCCC(BC)CCCCC1. The smallest absolute Gasteiger partial charge is 0.0891 e. The highest BCUT2D eigenvalue weighted by atomic mass is 14.1. The molecule has 0 radical (unpaired) electrons. The quantitative estimate of drug-likeness (QED) is 0.575. The highest BCUT2D eigenvalue weighted by Crippen LogP contribution is 2.26. The van der Waals surface area contributed by atoms with E-state index in [4.69, 9.17) is 0 Å². The molecule has 0 aromatic heterocycles. The lowest BCUT2D eigenvalue weighted by Crippen LogP contribution is -2.02. The van der Waals surface area contributed by atoms with Gasteiger partial charge < -0.3 is 0 Å². The van der Waals surface area contributed by atoms with Crippen LogP contribution in [-0.4, -0.2) is 15.1 Å². The lowest BCUT2D eigenvalue weighted by Gasteiger charge is -2.17. The minimum Gasteiger partial charge on any atom is -0.0891 e. The third-order valence-electron chi connectivity index (χ3n) is 4.20. The van der Waals surface area contributed by atoms with Crippen molar-refractivity contribution < 1.29 is 0 Å². The van der Waals surface area contributed by atoms with Crippen LogP contribution in [0.3, 0.4) is 0 Å². The Bertz CT molecular complexity index is 133. The zero-order chi connectivity index (χ0) is 10.9. The molecule has 0 spiro atoms. The molecule has 1 saturated carbocycles. The third-order valence-corrected chi connectivity index (χ3v) is 4.20. The molecule has 1 fully saturated rings. The Hall–Kier alpha value is 0.130. The zero-order valence-corrected chi connectivity index (χ0v) is 10.9. The Balaban J connectivity index is 2.23. The molecule has 0 atom stereocenters. The molecule has 0 amide bonds. The van der Waals surface area contributed by atoms with Gasteiger partial charge in [0.2, 0.25) is 0 Å². The van der Waals surface area contributed by atoms with Crippen molar-refractivity contribution in [3.05, 3.63) is 0 Å². The fourth-order valence-corrected chi connectivity index (χ4v) is 2.90. The van der Waals surface area contributed by atoms with Crippen LogP contribution in [0, 0.1) is 0 Å². The van der Waals surface area contributed by atoms with Crippen molar-refractivity contribution in [2.45, 2.75) is 82.7 Å². The second-order valence-electron chi connectivity index (χ2n) is 5.66. The summed E-state index contributed by atoms with van der Waals surface area (Å²) in [6.45, 7) is 2.37. The molecule has 0 heterocycles. The highest BCUT2D eigenvalue weighted by molar-refractivity contribution is 6.35. The summed E-state index contributed by atoms with van der Waals surface area (Å²) in [6.07, 6.45) is 14.9. The van der Waals surface area contributed by atoms with Gasteiger partial charge in [-0.1, -0.05) is 82.7 Å². The van der Waals surface area contributed by atoms with Crippen molar-refractivity contribution in [1.82, 2.24) is 0 Å². The first-order chi connectivity index (χ1) is 7.33. The number of rotatable bonds is 1. The van der Waals surface area contributed by atoms with E-state index >= 15 is 0 Å². The fourth-order valence-electron chi connectivity index (χ4n) is 2.90. The molecule has 0 bridgehead atoms. The van der Waals surface area contributed by atoms with Crippen molar-refractivity contribution in [2.24, 2.45) is 0 Å². The molecule has 0 unspecified atom stereocenters. The van der Waals surface area contributed by atoms with E-state index in [0.717, 1.165) is 11.6 Å². The van der Waals surface area contributed by atoms with Gasteiger partial charge in [-0.2, -0.15) is 0 Å². The lowest BCUT2D eigenvalue weighted by atomic mass is 9.62. The molecule has 86 valence electrons. The molecule has 0 aliphatic heterocycles. The van der Waals surface area contributed by atoms with Gasteiger partial charge in [0, 0.05) is 0 Å². The molecule has 0 N–H and O–H groups in total. The third kappa shape index (κ3) is 6.33. The molecule has 0 aromatic carbocycles. The molecule has 1 rings (SSSR count). The fraction of sp³-hybridized carbons (Fsp3) is 1.00. The normalized spacial score (nSPS) is 31.3. The van der Waals surface area contributed by atoms with Crippen molar-refractivity contribution >= 4 is 15.1 Å². The van der Waals surface area contributed by atoms with Gasteiger partial charge in [0.05, 0.1) is 0 Å². The van der Waals surface area contributed by atoms with Crippen LogP contribution in [0.5, 0.6) is 0 Å². The molecule has 0 saturated heterocycles. The second kappa shape index (κ2) is 8.30. The van der Waals surface area contributed by atoms with E-state index in [0.29, 0.717) is 0 Å². The Labute approximate surface area is 98.3 Å². The molecular weight excluding hydrogens is 178 g/mol. The summed E-state index contributed by atoms with van der Waals surface area (Å²) in [5.41, 5.74) is 0. The first kappa shape index (κ1) is 13.2. The van der Waals surface area contributed by atoms with Crippen molar-refractivity contribution in [2.75, 3.05) is 0 Å². The Morgan fingerprint density at radius 3 is 1.73 bits per heavy atom. The average Bonchev–Trinajstić information content (AvgIpc) is 2.23. The van der Waals surface area contributed by atoms with Crippen LogP contribution in [0.4, 0.5) is 0 Å². The number of hydrogen-bond acceptors (Lipinski definition) is 0. The van der Waals surface area contributed by atoms with Gasteiger partial charge in [-0.15, -0.1) is 0 Å². The summed E-state index contributed by atoms with van der Waals surface area (Å²) >= 11 is 0. The monoisotopic (exact) mass is 206 g/mol. The van der Waals surface area contributed by atoms with Crippen LogP contribution in [0.1, 0.15) is 64.2 Å². The first-order valence-corrected chi connectivity index (χ1v) is 7.33. The number of hydrogen-bond donors (Lipinski definition) is 0. The standard InChI is InChI=1S/C13H28B2/c1-15-13-10-6-2-4-8-12(14)9-5-3-7-11-13/h12-13,15H,2-11,14H2,1H3. The van der Waals surface area contributed by atoms with Gasteiger partial charge in [-0.25, -0.2) is 0 Å². The van der Waals surface area contributed by atoms with E-state index in [9.17, 15) is 0 Å². The van der Waals surface area contributed by atoms with E-state index in [1.54, 1.807) is 0 Å². The van der Waals surface area contributed by atoms with Gasteiger partial charge >= 0.3 is 0 Å². The Morgan fingerprint density at radius 1 is 0.800 bits per heavy atom. The van der Waals surface area contributed by atoms with Crippen LogP contribution in [0.15, 0.2) is 0 Å². The predicted molar refractivity (Wildman–Crippen MR) is 75.2 cm³/mol. The summed E-state index contributed by atoms with van der Waals surface area (Å²) in [4.78, 5) is 0. The summed E-state index contributed by atoms with van der Waals surface area (Å²) < 4.78 is 0. The largest absolute Gasteiger partial charge is 0.120 e. The molecular formula is C13H28B2. The van der Waals surface area contributed by atoms with Gasteiger partial charge in [0.25, 0.3) is 0 Å². The van der Waals surface area contributed by atoms with E-state index in [1.165, 1.54) is 71.5 Å². The maximum absolute atomic E-state index is 2.45. The summed E-state index contributed by atoms with van der Waals surface area (Å²) in [7, 11) is 3.86. The van der Waals surface area contributed by atoms with Crippen molar-refractivity contribution in [3.8, 4) is 0 Å². The zero-order valence-electron chi connectivity index (χ0n) is 10.9. The van der Waals surface area contributed by atoms with Gasteiger partial charge in [-0.05, 0) is 0 Å². The van der Waals surface area contributed by atoms with Crippen molar-refractivity contribution in [3.63, 3.8) is 0 Å². The van der Waals surface area contributed by atoms with Crippen LogP contribution in [-0.2, 0) is 0 Å². The average molecular weight is 206 g/mol. The van der Waals surface area contributed by atoms with Crippen LogP contribution in [0.2, 0.25) is 18.5 Å². The van der Waals surface area contributed by atoms with Gasteiger partial charge in [0.1, 0.15) is 15.1 Å². The maximum atomic E-state index is 2.45. The summed E-state index contributed by atoms with van der Waals surface area (Å²) in [5, 5.41) is 0. The second-order valence-corrected chi connectivity index (χ2v) is 5.66. The molecule has 0 nitrogen and oxygen atoms in total. The van der Waals surface area contributed by atoms with Gasteiger partial charge in [0.15, 0.2) is 0 Å². The minimum atomic E-state index is 0.992. The van der Waals surface area contributed by atoms with E-state index in [-0.39, 0.29) is 0 Å². The lowest BCUT2D eigenvalue weighted by molar-refractivity contribution is 0.502. The topological polar surface area (TPSA) is 0 Å². The summed E-state index contributed by atoms with van der Waals surface area (Å²) in [5.74, 6) is 2.04. The van der Waals surface area contributed by atoms with Crippen LogP contribution >= 0.6 is 0 Å². The maximum Gasteiger partial charge on any atom is 0.120 e. The van der Waals surface area contributed by atoms with Crippen molar-refractivity contribution in [1.29, 1.82) is 0 Å². The molecule has 1 aliphatic rings.